The lowest BCUT2D eigenvalue weighted by Crippen LogP contribution is -2.37. The first-order valence-corrected chi connectivity index (χ1v) is 9.63. The predicted molar refractivity (Wildman–Crippen MR) is 105 cm³/mol. The Kier molecular flexibility index (Phi) is 7.79. The summed E-state index contributed by atoms with van der Waals surface area (Å²) in [6, 6.07) is 9.30. The molecule has 1 heterocycles. The lowest BCUT2D eigenvalue weighted by molar-refractivity contribution is -0.157. The van der Waals surface area contributed by atoms with Crippen LogP contribution in [0.25, 0.3) is 0 Å². The van der Waals surface area contributed by atoms with Gasteiger partial charge in [0.2, 0.25) is 5.91 Å². The summed E-state index contributed by atoms with van der Waals surface area (Å²) in [4.78, 5) is 37.0. The average molecular weight is 387 g/mol. The average Bonchev–Trinajstić information content (AvgIpc) is 2.62. The highest BCUT2D eigenvalue weighted by molar-refractivity contribution is 5.84. The molecule has 0 spiro atoms. The minimum atomic E-state index is -0.596. The van der Waals surface area contributed by atoms with Crippen LogP contribution in [0.15, 0.2) is 42.5 Å². The molecule has 28 heavy (non-hydrogen) atoms. The van der Waals surface area contributed by atoms with E-state index in [9.17, 15) is 14.4 Å². The fraction of sp³-hybridized carbons (Fsp3) is 0.500. The lowest BCUT2D eigenvalue weighted by atomic mass is 9.99. The molecule has 1 amide bonds. The zero-order chi connectivity index (χ0) is 20.6. The zero-order valence-electron chi connectivity index (χ0n) is 16.8. The van der Waals surface area contributed by atoms with Crippen molar-refractivity contribution < 1.29 is 23.9 Å². The van der Waals surface area contributed by atoms with Crippen LogP contribution in [0.3, 0.4) is 0 Å². The second kappa shape index (κ2) is 10.1. The van der Waals surface area contributed by atoms with Gasteiger partial charge in [0, 0.05) is 6.42 Å². The third-order valence-corrected chi connectivity index (χ3v) is 4.21. The number of ether oxygens (including phenoxy) is 2. The van der Waals surface area contributed by atoms with E-state index < -0.39 is 23.6 Å². The van der Waals surface area contributed by atoms with E-state index in [0.29, 0.717) is 12.8 Å². The standard InChI is InChI=1S/C22H29NO5/c1-22(2,3)28-20(25)14-17-12-8-5-9-13-19(24)27-18(15-23-21(17)26)16-10-6-4-7-11-16/h4-8,10-11,17-18H,9,12-15H2,1-3H3,(H,23,26)/t17-,18?/m0/s1. The number of hydrogen-bond donors (Lipinski definition) is 1. The van der Waals surface area contributed by atoms with Crippen molar-refractivity contribution >= 4 is 17.8 Å². The molecule has 0 aliphatic carbocycles. The van der Waals surface area contributed by atoms with E-state index in [0.717, 1.165) is 5.56 Å². The first-order valence-electron chi connectivity index (χ1n) is 9.63. The number of allylic oxidation sites excluding steroid dienone is 2. The van der Waals surface area contributed by atoms with Gasteiger partial charge in [-0.05, 0) is 39.2 Å². The van der Waals surface area contributed by atoms with Gasteiger partial charge < -0.3 is 14.8 Å². The molecule has 1 aromatic carbocycles. The molecule has 6 heteroatoms. The Hall–Kier alpha value is -2.63. The van der Waals surface area contributed by atoms with Crippen molar-refractivity contribution in [2.24, 2.45) is 5.92 Å². The molecule has 1 N–H and O–H groups in total. The molecule has 6 nitrogen and oxygen atoms in total. The van der Waals surface area contributed by atoms with Crippen molar-refractivity contribution in [1.82, 2.24) is 5.32 Å². The van der Waals surface area contributed by atoms with Gasteiger partial charge in [-0.15, -0.1) is 0 Å². The molecule has 1 unspecified atom stereocenters. The van der Waals surface area contributed by atoms with E-state index in [1.807, 2.05) is 42.5 Å². The van der Waals surface area contributed by atoms with Gasteiger partial charge in [0.1, 0.15) is 11.7 Å². The first-order chi connectivity index (χ1) is 13.2. The van der Waals surface area contributed by atoms with E-state index in [2.05, 4.69) is 5.32 Å². The van der Waals surface area contributed by atoms with Crippen molar-refractivity contribution in [2.75, 3.05) is 6.54 Å². The quantitative estimate of drug-likeness (QED) is 0.634. The van der Waals surface area contributed by atoms with Gasteiger partial charge in [-0.25, -0.2) is 0 Å². The normalized spacial score (nSPS) is 21.7. The van der Waals surface area contributed by atoms with Gasteiger partial charge in [0.05, 0.1) is 18.9 Å². The number of benzene rings is 1. The summed E-state index contributed by atoms with van der Waals surface area (Å²) in [6.45, 7) is 5.54. The maximum absolute atomic E-state index is 12.7. The molecule has 2 rings (SSSR count). The van der Waals surface area contributed by atoms with E-state index >= 15 is 0 Å². The summed E-state index contributed by atoms with van der Waals surface area (Å²) in [5, 5.41) is 2.83. The second-order valence-corrected chi connectivity index (χ2v) is 7.87. The number of carbonyl (C=O) groups is 3. The van der Waals surface area contributed by atoms with E-state index in [1.54, 1.807) is 20.8 Å². The fourth-order valence-electron chi connectivity index (χ4n) is 2.90. The lowest BCUT2D eigenvalue weighted by Gasteiger charge is -2.23. The van der Waals surface area contributed by atoms with Crippen LogP contribution >= 0.6 is 0 Å². The van der Waals surface area contributed by atoms with Gasteiger partial charge >= 0.3 is 11.9 Å². The second-order valence-electron chi connectivity index (χ2n) is 7.87. The first kappa shape index (κ1) is 21.7. The highest BCUT2D eigenvalue weighted by Crippen LogP contribution is 2.20. The van der Waals surface area contributed by atoms with Crippen LogP contribution in [0.2, 0.25) is 0 Å². The van der Waals surface area contributed by atoms with Gasteiger partial charge in [0.25, 0.3) is 0 Å². The highest BCUT2D eigenvalue weighted by atomic mass is 16.6. The SMILES string of the molecule is CC(C)(C)OC(=O)C[C@@H]1CC=CCCC(=O)OC(c2ccccc2)CNC1=O. The third-order valence-electron chi connectivity index (χ3n) is 4.21. The maximum Gasteiger partial charge on any atom is 0.307 e. The summed E-state index contributed by atoms with van der Waals surface area (Å²) in [5.74, 6) is -1.50. The summed E-state index contributed by atoms with van der Waals surface area (Å²) in [6.07, 6.45) is 4.32. The van der Waals surface area contributed by atoms with E-state index in [1.165, 1.54) is 0 Å². The van der Waals surface area contributed by atoms with Crippen molar-refractivity contribution in [3.8, 4) is 0 Å². The van der Waals surface area contributed by atoms with Crippen LogP contribution in [0.5, 0.6) is 0 Å². The minimum absolute atomic E-state index is 0.00321. The summed E-state index contributed by atoms with van der Waals surface area (Å²) in [5.41, 5.74) is 0.217. The van der Waals surface area contributed by atoms with Crippen molar-refractivity contribution in [3.05, 3.63) is 48.0 Å². The van der Waals surface area contributed by atoms with Crippen LogP contribution in [-0.2, 0) is 23.9 Å². The molecule has 0 aromatic heterocycles. The number of carbonyl (C=O) groups excluding carboxylic acids is 3. The van der Waals surface area contributed by atoms with Gasteiger partial charge in [-0.1, -0.05) is 42.5 Å². The van der Waals surface area contributed by atoms with Crippen LogP contribution in [-0.4, -0.2) is 30.0 Å². The highest BCUT2D eigenvalue weighted by Gasteiger charge is 2.26. The molecule has 152 valence electrons. The third kappa shape index (κ3) is 7.55. The number of rotatable bonds is 3. The van der Waals surface area contributed by atoms with Crippen molar-refractivity contribution in [2.45, 2.75) is 58.2 Å². The number of nitrogens with one attached hydrogen (secondary N) is 1. The largest absolute Gasteiger partial charge is 0.460 e. The van der Waals surface area contributed by atoms with Crippen molar-refractivity contribution in [3.63, 3.8) is 0 Å². The minimum Gasteiger partial charge on any atom is -0.460 e. The Morgan fingerprint density at radius 1 is 1.18 bits per heavy atom. The molecule has 1 aromatic rings. The molecule has 0 saturated heterocycles. The Morgan fingerprint density at radius 2 is 1.89 bits per heavy atom. The van der Waals surface area contributed by atoms with Gasteiger partial charge in [-0.2, -0.15) is 0 Å². The number of amides is 1. The molecule has 0 saturated carbocycles. The molecule has 2 atom stereocenters. The van der Waals surface area contributed by atoms with Crippen LogP contribution < -0.4 is 5.32 Å². The Labute approximate surface area is 166 Å². The van der Waals surface area contributed by atoms with E-state index in [-0.39, 0.29) is 31.3 Å². The topological polar surface area (TPSA) is 81.7 Å². The van der Waals surface area contributed by atoms with Crippen LogP contribution in [0.4, 0.5) is 0 Å². The summed E-state index contributed by atoms with van der Waals surface area (Å²) < 4.78 is 10.9. The van der Waals surface area contributed by atoms with E-state index in [4.69, 9.17) is 9.47 Å². The van der Waals surface area contributed by atoms with Gasteiger partial charge in [-0.3, -0.25) is 14.4 Å². The molecular formula is C22H29NO5. The molecule has 0 fully saturated rings. The summed E-state index contributed by atoms with van der Waals surface area (Å²) >= 11 is 0. The predicted octanol–water partition coefficient (Wildman–Crippen LogP) is 3.48. The number of esters is 2. The number of cyclic esters (lactones) is 1. The molecule has 1 aliphatic rings. The van der Waals surface area contributed by atoms with Gasteiger partial charge in [0.15, 0.2) is 0 Å². The number of hydrogen-bond acceptors (Lipinski definition) is 5. The molecular weight excluding hydrogens is 358 g/mol. The molecule has 1 aliphatic heterocycles. The molecule has 0 radical (unpaired) electrons. The Balaban J connectivity index is 2.11. The smallest absolute Gasteiger partial charge is 0.307 e. The Bertz CT molecular complexity index is 705. The van der Waals surface area contributed by atoms with Crippen molar-refractivity contribution in [1.29, 1.82) is 0 Å². The van der Waals surface area contributed by atoms with Crippen LogP contribution in [0, 0.1) is 5.92 Å². The van der Waals surface area contributed by atoms with Crippen LogP contribution in [0.1, 0.15) is 58.1 Å². The summed E-state index contributed by atoms with van der Waals surface area (Å²) in [7, 11) is 0. The molecule has 0 bridgehead atoms. The fourth-order valence-corrected chi connectivity index (χ4v) is 2.90. The Morgan fingerprint density at radius 3 is 2.57 bits per heavy atom. The monoisotopic (exact) mass is 387 g/mol. The zero-order valence-corrected chi connectivity index (χ0v) is 16.8. The maximum atomic E-state index is 12.7.